The first kappa shape index (κ1) is 20.5. The van der Waals surface area contributed by atoms with Gasteiger partial charge in [-0.1, -0.05) is 22.0 Å². The summed E-state index contributed by atoms with van der Waals surface area (Å²) in [4.78, 5) is 14.4. The number of amides is 1. The maximum Gasteiger partial charge on any atom is 0.416 e. The predicted molar refractivity (Wildman–Crippen MR) is 103 cm³/mol. The van der Waals surface area contributed by atoms with Gasteiger partial charge in [-0.2, -0.15) is 13.2 Å². The van der Waals surface area contributed by atoms with Crippen LogP contribution in [0.2, 0.25) is 0 Å². The second-order valence-corrected chi connectivity index (χ2v) is 7.04. The van der Waals surface area contributed by atoms with E-state index < -0.39 is 24.3 Å². The van der Waals surface area contributed by atoms with E-state index in [1.165, 1.54) is 12.1 Å². The van der Waals surface area contributed by atoms with Crippen LogP contribution in [0.3, 0.4) is 0 Å². The topological polar surface area (TPSA) is 50.8 Å². The zero-order chi connectivity index (χ0) is 20.1. The van der Waals surface area contributed by atoms with Crippen LogP contribution >= 0.6 is 15.9 Å². The smallest absolute Gasteiger partial charge is 0.416 e. The summed E-state index contributed by atoms with van der Waals surface area (Å²) in [5.74, 6) is -0.488. The average Bonchev–Trinajstić information content (AvgIpc) is 2.67. The minimum absolute atomic E-state index is 0.0207. The van der Waals surface area contributed by atoms with Crippen molar-refractivity contribution in [1.82, 2.24) is 0 Å². The summed E-state index contributed by atoms with van der Waals surface area (Å²) in [6.45, 7) is 2.19. The van der Waals surface area contributed by atoms with Crippen LogP contribution in [0.15, 0.2) is 46.9 Å². The Morgan fingerprint density at radius 1 is 1.18 bits per heavy atom. The zero-order valence-electron chi connectivity index (χ0n) is 14.8. The molecule has 1 aliphatic heterocycles. The van der Waals surface area contributed by atoms with Gasteiger partial charge in [0.15, 0.2) is 6.61 Å². The highest BCUT2D eigenvalue weighted by Crippen LogP contribution is 2.32. The van der Waals surface area contributed by atoms with Crippen LogP contribution in [-0.4, -0.2) is 38.8 Å². The lowest BCUT2D eigenvalue weighted by Crippen LogP contribution is -2.37. The van der Waals surface area contributed by atoms with Crippen molar-refractivity contribution in [3.63, 3.8) is 0 Å². The quantitative estimate of drug-likeness (QED) is 0.724. The van der Waals surface area contributed by atoms with E-state index in [4.69, 9.17) is 9.47 Å². The first-order valence-electron chi connectivity index (χ1n) is 8.55. The Balaban J connectivity index is 1.66. The number of morpholine rings is 1. The van der Waals surface area contributed by atoms with Crippen molar-refractivity contribution in [1.29, 1.82) is 0 Å². The van der Waals surface area contributed by atoms with Crippen molar-refractivity contribution in [3.8, 4) is 5.75 Å². The largest absolute Gasteiger partial charge is 0.484 e. The summed E-state index contributed by atoms with van der Waals surface area (Å²) in [7, 11) is 0. The second-order valence-electron chi connectivity index (χ2n) is 6.12. The number of halogens is 4. The highest BCUT2D eigenvalue weighted by Gasteiger charge is 2.30. The van der Waals surface area contributed by atoms with Gasteiger partial charge in [0.25, 0.3) is 5.91 Å². The number of ether oxygens (including phenoxy) is 2. The Bertz CT molecular complexity index is 839. The van der Waals surface area contributed by atoms with E-state index in [1.54, 1.807) is 6.07 Å². The Hall–Kier alpha value is -2.26. The van der Waals surface area contributed by atoms with Crippen molar-refractivity contribution in [3.05, 3.63) is 52.5 Å². The molecule has 0 atom stereocenters. The predicted octanol–water partition coefficient (Wildman–Crippen LogP) is 4.32. The van der Waals surface area contributed by atoms with E-state index in [0.29, 0.717) is 32.0 Å². The first-order chi connectivity index (χ1) is 13.3. The molecule has 28 heavy (non-hydrogen) atoms. The van der Waals surface area contributed by atoms with Crippen LogP contribution in [-0.2, 0) is 15.7 Å². The first-order valence-corrected chi connectivity index (χ1v) is 9.34. The fourth-order valence-electron chi connectivity index (χ4n) is 2.79. The highest BCUT2D eigenvalue weighted by molar-refractivity contribution is 9.10. The Kier molecular flexibility index (Phi) is 6.46. The fraction of sp³-hybridized carbons (Fsp3) is 0.316. The molecule has 1 aliphatic rings. The summed E-state index contributed by atoms with van der Waals surface area (Å²) in [6.07, 6.45) is -4.47. The van der Waals surface area contributed by atoms with Crippen molar-refractivity contribution < 1.29 is 27.4 Å². The molecule has 0 unspecified atom stereocenters. The van der Waals surface area contributed by atoms with Gasteiger partial charge in [-0.05, 0) is 36.4 Å². The van der Waals surface area contributed by atoms with E-state index in [1.807, 2.05) is 12.1 Å². The normalized spacial score (nSPS) is 14.6. The minimum Gasteiger partial charge on any atom is -0.484 e. The Morgan fingerprint density at radius 3 is 2.64 bits per heavy atom. The third kappa shape index (κ3) is 5.39. The molecule has 2 aromatic rings. The van der Waals surface area contributed by atoms with Crippen LogP contribution < -0.4 is 15.0 Å². The summed E-state index contributed by atoms with van der Waals surface area (Å²) in [6, 6.07) is 9.96. The average molecular weight is 459 g/mol. The van der Waals surface area contributed by atoms with Crippen molar-refractivity contribution in [2.24, 2.45) is 0 Å². The molecule has 0 aliphatic carbocycles. The molecule has 5 nitrogen and oxygen atoms in total. The van der Waals surface area contributed by atoms with E-state index in [-0.39, 0.29) is 5.75 Å². The SMILES string of the molecule is O=C(COc1cccc(C(F)(F)F)c1)Nc1cc(Br)ccc1N1CCOCC1. The summed E-state index contributed by atoms with van der Waals surface area (Å²) in [5.41, 5.74) is 0.611. The van der Waals surface area contributed by atoms with Crippen LogP contribution in [0.1, 0.15) is 5.56 Å². The molecule has 0 bridgehead atoms. The molecule has 0 saturated carbocycles. The lowest BCUT2D eigenvalue weighted by molar-refractivity contribution is -0.137. The molecule has 1 N–H and O–H groups in total. The van der Waals surface area contributed by atoms with Crippen molar-refractivity contribution in [2.75, 3.05) is 43.1 Å². The molecule has 1 saturated heterocycles. The standard InChI is InChI=1S/C19H18BrF3N2O3/c20-14-4-5-17(25-6-8-27-9-7-25)16(11-14)24-18(26)12-28-15-3-1-2-13(10-15)19(21,22)23/h1-5,10-11H,6-9,12H2,(H,24,26). The molecule has 9 heteroatoms. The number of hydrogen-bond donors (Lipinski definition) is 1. The van der Waals surface area contributed by atoms with Crippen LogP contribution in [0, 0.1) is 0 Å². The number of alkyl halides is 3. The van der Waals surface area contributed by atoms with E-state index in [9.17, 15) is 18.0 Å². The summed E-state index contributed by atoms with van der Waals surface area (Å²) >= 11 is 3.38. The highest BCUT2D eigenvalue weighted by atomic mass is 79.9. The van der Waals surface area contributed by atoms with Gasteiger partial charge >= 0.3 is 6.18 Å². The van der Waals surface area contributed by atoms with Gasteiger partial charge in [0, 0.05) is 17.6 Å². The van der Waals surface area contributed by atoms with Gasteiger partial charge in [0.1, 0.15) is 5.75 Å². The number of nitrogens with one attached hydrogen (secondary N) is 1. The molecule has 150 valence electrons. The molecular weight excluding hydrogens is 441 g/mol. The molecule has 0 radical (unpaired) electrons. The molecule has 1 fully saturated rings. The number of carbonyl (C=O) groups excluding carboxylic acids is 1. The second kappa shape index (κ2) is 8.83. The molecule has 0 spiro atoms. The molecule has 2 aromatic carbocycles. The van der Waals surface area contributed by atoms with Gasteiger partial charge in [-0.25, -0.2) is 0 Å². The van der Waals surface area contributed by atoms with E-state index in [0.717, 1.165) is 22.3 Å². The van der Waals surface area contributed by atoms with Crippen LogP contribution in [0.25, 0.3) is 0 Å². The number of carbonyl (C=O) groups is 1. The van der Waals surface area contributed by atoms with Gasteiger partial charge in [-0.15, -0.1) is 0 Å². The maximum atomic E-state index is 12.8. The van der Waals surface area contributed by atoms with E-state index >= 15 is 0 Å². The Morgan fingerprint density at radius 2 is 1.93 bits per heavy atom. The lowest BCUT2D eigenvalue weighted by atomic mass is 10.2. The van der Waals surface area contributed by atoms with Gasteiger partial charge in [0.05, 0.1) is 30.2 Å². The molecule has 0 aromatic heterocycles. The molecule has 3 rings (SSSR count). The monoisotopic (exact) mass is 458 g/mol. The number of benzene rings is 2. The van der Waals surface area contributed by atoms with Gasteiger partial charge in [0.2, 0.25) is 0 Å². The molecular formula is C19H18BrF3N2O3. The van der Waals surface area contributed by atoms with Crippen LogP contribution in [0.4, 0.5) is 24.5 Å². The van der Waals surface area contributed by atoms with E-state index in [2.05, 4.69) is 26.1 Å². The lowest BCUT2D eigenvalue weighted by Gasteiger charge is -2.30. The molecule has 1 heterocycles. The number of hydrogen-bond acceptors (Lipinski definition) is 4. The maximum absolute atomic E-state index is 12.8. The fourth-order valence-corrected chi connectivity index (χ4v) is 3.15. The number of rotatable bonds is 5. The molecule has 1 amide bonds. The van der Waals surface area contributed by atoms with Crippen LogP contribution in [0.5, 0.6) is 5.75 Å². The zero-order valence-corrected chi connectivity index (χ0v) is 16.3. The minimum atomic E-state index is -4.47. The number of nitrogens with zero attached hydrogens (tertiary/aromatic N) is 1. The van der Waals surface area contributed by atoms with Gasteiger partial charge in [-0.3, -0.25) is 4.79 Å². The van der Waals surface area contributed by atoms with Crippen molar-refractivity contribution >= 4 is 33.2 Å². The summed E-state index contributed by atoms with van der Waals surface area (Å²) in [5, 5.41) is 2.77. The van der Waals surface area contributed by atoms with Crippen molar-refractivity contribution in [2.45, 2.75) is 6.18 Å². The third-order valence-corrected chi connectivity index (χ3v) is 4.61. The summed E-state index contributed by atoms with van der Waals surface area (Å²) < 4.78 is 49.7. The third-order valence-electron chi connectivity index (χ3n) is 4.12. The number of anilines is 2. The Labute approximate surface area is 168 Å². The van der Waals surface area contributed by atoms with Gasteiger partial charge < -0.3 is 19.7 Å².